The van der Waals surface area contributed by atoms with Crippen molar-refractivity contribution in [3.8, 4) is 0 Å². The first-order valence-electron chi connectivity index (χ1n) is 25.3. The number of esters is 12. The van der Waals surface area contributed by atoms with Crippen LogP contribution in [0.25, 0.3) is 0 Å². The highest BCUT2D eigenvalue weighted by molar-refractivity contribution is 5.85. The number of nitrogens with two attached hydrogens (primary N) is 1. The zero-order valence-corrected chi connectivity index (χ0v) is 48.3. The maximum Gasteiger partial charge on any atom is 0.305 e. The molecule has 0 aliphatic heterocycles. The predicted molar refractivity (Wildman–Crippen MR) is 269 cm³/mol. The first kappa shape index (κ1) is 73.9. The molecular weight excluding hydrogens is 1090 g/mol. The van der Waals surface area contributed by atoms with Crippen LogP contribution < -0.4 is 21.8 Å². The van der Waals surface area contributed by atoms with E-state index in [2.05, 4.69) is 16.1 Å². The van der Waals surface area contributed by atoms with Crippen LogP contribution in [0.4, 0.5) is 0 Å². The van der Waals surface area contributed by atoms with Gasteiger partial charge in [-0.3, -0.25) is 67.6 Å². The van der Waals surface area contributed by atoms with E-state index in [1.54, 1.807) is 0 Å². The van der Waals surface area contributed by atoms with Crippen LogP contribution in [0.2, 0.25) is 0 Å². The van der Waals surface area contributed by atoms with Crippen molar-refractivity contribution in [1.29, 1.82) is 0 Å². The lowest BCUT2D eigenvalue weighted by Gasteiger charge is -2.41. The molecule has 1 amide bonds. The van der Waals surface area contributed by atoms with E-state index >= 15 is 0 Å². The molecule has 14 unspecified atom stereocenters. The van der Waals surface area contributed by atoms with Crippen molar-refractivity contribution in [1.82, 2.24) is 16.1 Å². The lowest BCUT2D eigenvalue weighted by molar-refractivity contribution is -0.242. The molecule has 0 aromatic heterocycles. The molecule has 0 aromatic carbocycles. The third-order valence-electron chi connectivity index (χ3n) is 11.5. The maximum absolute atomic E-state index is 14.6. The number of nitrogens with one attached hydrogen (secondary N) is 3. The smallest absolute Gasteiger partial charge is 0.305 e. The fourth-order valence-corrected chi connectivity index (χ4v) is 8.18. The largest absolute Gasteiger partial charge is 0.462 e. The third-order valence-corrected chi connectivity index (χ3v) is 11.5. The first-order valence-corrected chi connectivity index (χ1v) is 25.3. The standard InChI is InChI=1S/C50H80N4O27/c1-16-39(72-28(6)57)43(76-32(10)61)45(78-34(12)63)46(79-35(13)64)48(67)53-22-50(20-51,17-38(54-68)24(2)42(75-31(9)60)25(3)40(73-29(7)58)18-69-26(4)55)21-52-23-71-49(81-37(15)66)47(80-36(14)65)44(77-33(11)62)41(74-30(8)59)19-70-27(5)56/h24-25,38-47,49,52,54,68H,16-23,51H2,1-15H3,(H,53,67). The van der Waals surface area contributed by atoms with Crippen molar-refractivity contribution in [2.24, 2.45) is 23.0 Å². The van der Waals surface area contributed by atoms with Gasteiger partial charge in [-0.05, 0) is 12.8 Å². The molecule has 31 nitrogen and oxygen atoms in total. The van der Waals surface area contributed by atoms with E-state index in [0.717, 1.165) is 83.1 Å². The molecule has 462 valence electrons. The van der Waals surface area contributed by atoms with Gasteiger partial charge in [0.2, 0.25) is 18.5 Å². The number of rotatable bonds is 37. The fraction of sp³-hybridized carbons (Fsp3) is 0.740. The lowest BCUT2D eigenvalue weighted by atomic mass is 9.75. The second kappa shape index (κ2) is 37.0. The monoisotopic (exact) mass is 1170 g/mol. The lowest BCUT2D eigenvalue weighted by Crippen LogP contribution is -2.59. The second-order valence-electron chi connectivity index (χ2n) is 18.7. The molecule has 0 fully saturated rings. The number of hydroxylamine groups is 1. The zero-order chi connectivity index (χ0) is 62.5. The molecule has 0 saturated carbocycles. The van der Waals surface area contributed by atoms with E-state index in [9.17, 15) is 67.5 Å². The number of ether oxygens (including phenoxy) is 13. The van der Waals surface area contributed by atoms with Gasteiger partial charge >= 0.3 is 71.6 Å². The van der Waals surface area contributed by atoms with E-state index < -0.39 is 202 Å². The van der Waals surface area contributed by atoms with Crippen molar-refractivity contribution in [2.45, 2.75) is 184 Å². The number of carbonyl (C=O) groups excluding carboxylic acids is 13. The highest BCUT2D eigenvalue weighted by atomic mass is 16.7. The molecule has 0 spiro atoms. The fourth-order valence-electron chi connectivity index (χ4n) is 8.18. The molecule has 14 atom stereocenters. The van der Waals surface area contributed by atoms with E-state index in [1.165, 1.54) is 20.8 Å². The van der Waals surface area contributed by atoms with Crippen LogP contribution in [0, 0.1) is 17.3 Å². The summed E-state index contributed by atoms with van der Waals surface area (Å²) in [4.78, 5) is 163. The summed E-state index contributed by atoms with van der Waals surface area (Å²) in [7, 11) is 0. The SMILES string of the molecule is CCC(OC(C)=O)C(OC(C)=O)C(OC(C)=O)C(OC(C)=O)C(=O)NCC(CN)(CNCOC(OC(C)=O)C(OC(C)=O)C(OC(C)=O)C(COC(C)=O)OC(C)=O)CC(NO)C(C)C(OC(C)=O)C(C)C(COC(C)=O)OC(C)=O. The first-order chi connectivity index (χ1) is 37.6. The Kier molecular flexibility index (Phi) is 33.8. The molecular formula is C50H80N4O27. The number of amides is 1. The van der Waals surface area contributed by atoms with Crippen molar-refractivity contribution < 1.29 is 129 Å². The minimum atomic E-state index is -2.17. The van der Waals surface area contributed by atoms with Crippen LogP contribution in [0.3, 0.4) is 0 Å². The molecule has 6 N–H and O–H groups in total. The quantitative estimate of drug-likeness (QED) is 0.0171. The van der Waals surface area contributed by atoms with Crippen molar-refractivity contribution >= 4 is 77.5 Å². The van der Waals surface area contributed by atoms with E-state index in [0.29, 0.717) is 0 Å². The van der Waals surface area contributed by atoms with Gasteiger partial charge in [-0.1, -0.05) is 20.8 Å². The van der Waals surface area contributed by atoms with Gasteiger partial charge in [-0.15, -0.1) is 0 Å². The summed E-state index contributed by atoms with van der Waals surface area (Å²) in [5, 5.41) is 16.4. The Bertz CT molecular complexity index is 2160. The van der Waals surface area contributed by atoms with Crippen LogP contribution in [0.1, 0.15) is 117 Å². The Hall–Kier alpha value is -7.09. The van der Waals surface area contributed by atoms with Crippen LogP contribution in [0.5, 0.6) is 0 Å². The number of hydrogen-bond acceptors (Lipinski definition) is 30. The molecule has 0 aliphatic rings. The van der Waals surface area contributed by atoms with Gasteiger partial charge in [0.05, 0.1) is 0 Å². The molecule has 0 aliphatic carbocycles. The number of carbonyl (C=O) groups is 13. The number of hydrogen-bond donors (Lipinski definition) is 5. The van der Waals surface area contributed by atoms with Crippen LogP contribution in [0.15, 0.2) is 0 Å². The molecule has 0 bridgehead atoms. The van der Waals surface area contributed by atoms with Crippen molar-refractivity contribution in [3.05, 3.63) is 0 Å². The Morgan fingerprint density at radius 3 is 1.27 bits per heavy atom. The Morgan fingerprint density at radius 2 is 0.852 bits per heavy atom. The molecule has 0 aromatic rings. The van der Waals surface area contributed by atoms with Crippen LogP contribution in [-0.4, -0.2) is 190 Å². The molecule has 81 heavy (non-hydrogen) atoms. The van der Waals surface area contributed by atoms with Gasteiger partial charge < -0.3 is 77.8 Å². The molecule has 0 saturated heterocycles. The summed E-state index contributed by atoms with van der Waals surface area (Å²) in [6.07, 6.45) is -18.0. The summed E-state index contributed by atoms with van der Waals surface area (Å²) >= 11 is 0. The van der Waals surface area contributed by atoms with Gasteiger partial charge in [0, 0.05) is 126 Å². The van der Waals surface area contributed by atoms with Gasteiger partial charge in [0.15, 0.2) is 24.4 Å². The summed E-state index contributed by atoms with van der Waals surface area (Å²) < 4.78 is 70.4. The van der Waals surface area contributed by atoms with Crippen LogP contribution in [-0.2, 0) is 124 Å². The maximum atomic E-state index is 14.6. The average molecular weight is 1170 g/mol. The van der Waals surface area contributed by atoms with E-state index in [-0.39, 0.29) is 12.8 Å². The minimum absolute atomic E-state index is 0.0921. The van der Waals surface area contributed by atoms with Crippen molar-refractivity contribution in [3.63, 3.8) is 0 Å². The topological polar surface area (TPSA) is 424 Å². The third kappa shape index (κ3) is 28.8. The Balaban J connectivity index is 8.10. The molecule has 0 radical (unpaired) electrons. The van der Waals surface area contributed by atoms with E-state index in [1.807, 2.05) is 0 Å². The summed E-state index contributed by atoms with van der Waals surface area (Å²) in [6, 6.07) is -1.26. The normalized spacial score (nSPS) is 16.6. The van der Waals surface area contributed by atoms with Gasteiger partial charge in [0.1, 0.15) is 38.3 Å². The summed E-state index contributed by atoms with van der Waals surface area (Å²) in [6.45, 7) is 12.9. The molecule has 0 heterocycles. The summed E-state index contributed by atoms with van der Waals surface area (Å²) in [5.74, 6) is -14.7. The van der Waals surface area contributed by atoms with Crippen molar-refractivity contribution in [2.75, 3.05) is 39.6 Å². The molecule has 31 heteroatoms. The van der Waals surface area contributed by atoms with Gasteiger partial charge in [-0.25, -0.2) is 5.48 Å². The zero-order valence-electron chi connectivity index (χ0n) is 48.3. The Labute approximate surface area is 468 Å². The molecule has 0 rings (SSSR count). The second-order valence-corrected chi connectivity index (χ2v) is 18.7. The van der Waals surface area contributed by atoms with Gasteiger partial charge in [0.25, 0.3) is 5.91 Å². The predicted octanol–water partition coefficient (Wildman–Crippen LogP) is -0.568. The minimum Gasteiger partial charge on any atom is -0.462 e. The average Bonchev–Trinajstić information content (AvgIpc) is 3.35. The highest BCUT2D eigenvalue weighted by Crippen LogP contribution is 2.32. The Morgan fingerprint density at radius 1 is 0.457 bits per heavy atom. The highest BCUT2D eigenvalue weighted by Gasteiger charge is 2.48. The van der Waals surface area contributed by atoms with E-state index in [4.69, 9.17) is 67.3 Å². The van der Waals surface area contributed by atoms with Crippen LogP contribution >= 0.6 is 0 Å². The summed E-state index contributed by atoms with van der Waals surface area (Å²) in [5.41, 5.74) is 7.08. The van der Waals surface area contributed by atoms with Gasteiger partial charge in [-0.2, -0.15) is 0 Å².